The lowest BCUT2D eigenvalue weighted by molar-refractivity contribution is -0.134. The van der Waals surface area contributed by atoms with E-state index in [-0.39, 0.29) is 5.56 Å². The maximum absolute atomic E-state index is 13.9. The number of nitrogens with one attached hydrogen (secondary N) is 2. The van der Waals surface area contributed by atoms with Crippen LogP contribution in [0.3, 0.4) is 0 Å². The van der Waals surface area contributed by atoms with Gasteiger partial charge in [0.05, 0.1) is 0 Å². The number of likely N-dealkylation sites (N-methyl/N-ethyl adjacent to an activating group) is 1. The highest BCUT2D eigenvalue weighted by Gasteiger charge is 2.50. The summed E-state index contributed by atoms with van der Waals surface area (Å²) >= 11 is 0. The van der Waals surface area contributed by atoms with Crippen LogP contribution in [0.15, 0.2) is 18.2 Å². The van der Waals surface area contributed by atoms with E-state index < -0.39 is 41.6 Å². The Morgan fingerprint density at radius 3 is 2.68 bits per heavy atom. The van der Waals surface area contributed by atoms with Gasteiger partial charge >= 0.3 is 6.03 Å². The summed E-state index contributed by atoms with van der Waals surface area (Å²) in [6.07, 6.45) is 0. The van der Waals surface area contributed by atoms with Crippen molar-refractivity contribution >= 4 is 17.8 Å². The van der Waals surface area contributed by atoms with E-state index >= 15 is 0 Å². The Kier molecular flexibility index (Phi) is 4.11. The van der Waals surface area contributed by atoms with Gasteiger partial charge in [-0.2, -0.15) is 0 Å². The maximum atomic E-state index is 13.9. The molecule has 2 N–H and O–H groups in total. The van der Waals surface area contributed by atoms with E-state index in [1.54, 1.807) is 6.92 Å². The molecule has 1 atom stereocenters. The van der Waals surface area contributed by atoms with E-state index in [2.05, 4.69) is 10.6 Å². The van der Waals surface area contributed by atoms with Crippen LogP contribution in [0.1, 0.15) is 19.4 Å². The molecular weight excluding hydrogens is 296 g/mol. The summed E-state index contributed by atoms with van der Waals surface area (Å²) < 4.78 is 27.2. The van der Waals surface area contributed by atoms with Crippen molar-refractivity contribution < 1.29 is 23.2 Å². The van der Waals surface area contributed by atoms with Crippen LogP contribution in [0.2, 0.25) is 0 Å². The third-order valence-corrected chi connectivity index (χ3v) is 3.42. The van der Waals surface area contributed by atoms with E-state index in [1.807, 2.05) is 0 Å². The fourth-order valence-corrected chi connectivity index (χ4v) is 2.30. The van der Waals surface area contributed by atoms with E-state index in [9.17, 15) is 23.2 Å². The predicted molar refractivity (Wildman–Crippen MR) is 72.6 cm³/mol. The van der Waals surface area contributed by atoms with Gasteiger partial charge in [-0.05, 0) is 32.0 Å². The molecule has 1 aliphatic heterocycles. The quantitative estimate of drug-likeness (QED) is 0.810. The Morgan fingerprint density at radius 1 is 1.36 bits per heavy atom. The van der Waals surface area contributed by atoms with Crippen molar-refractivity contribution in [3.8, 4) is 0 Å². The van der Waals surface area contributed by atoms with Gasteiger partial charge in [0, 0.05) is 12.1 Å². The van der Waals surface area contributed by atoms with Crippen molar-refractivity contribution in [2.75, 3.05) is 13.1 Å². The number of imide groups is 1. The molecule has 0 spiro atoms. The molecule has 1 aliphatic rings. The minimum atomic E-state index is -1.75. The third-order valence-electron chi connectivity index (χ3n) is 3.42. The fraction of sp³-hybridized carbons (Fsp3) is 0.357. The standard InChI is InChI=1S/C14H15F2N3O3/c1-3-17-11(20)7-19-12(21)14(2,18-13(19)22)9-6-8(15)4-5-10(9)16/h4-6H,3,7H2,1-2H3,(H,17,20)(H,18,22)/t14-/m0/s1. The largest absolute Gasteiger partial charge is 0.355 e. The Bertz CT molecular complexity index is 650. The second kappa shape index (κ2) is 5.70. The minimum Gasteiger partial charge on any atom is -0.355 e. The number of nitrogens with zero attached hydrogens (tertiary/aromatic N) is 1. The van der Waals surface area contributed by atoms with Crippen LogP contribution in [-0.4, -0.2) is 35.8 Å². The summed E-state index contributed by atoms with van der Waals surface area (Å²) in [5.74, 6) is -2.89. The number of carbonyl (C=O) groups is 3. The molecule has 1 aromatic rings. The van der Waals surface area contributed by atoms with Gasteiger partial charge in [0.25, 0.3) is 5.91 Å². The molecule has 1 heterocycles. The second-order valence-electron chi connectivity index (χ2n) is 5.02. The van der Waals surface area contributed by atoms with Gasteiger partial charge in [-0.3, -0.25) is 14.5 Å². The van der Waals surface area contributed by atoms with Crippen LogP contribution in [0.4, 0.5) is 13.6 Å². The van der Waals surface area contributed by atoms with Gasteiger partial charge < -0.3 is 10.6 Å². The molecule has 0 aliphatic carbocycles. The number of halogens is 2. The summed E-state index contributed by atoms with van der Waals surface area (Å²) in [5.41, 5.74) is -2.04. The Balaban J connectivity index is 2.33. The molecule has 1 aromatic carbocycles. The van der Waals surface area contributed by atoms with Crippen molar-refractivity contribution in [2.24, 2.45) is 0 Å². The number of benzene rings is 1. The number of carbonyl (C=O) groups excluding carboxylic acids is 3. The molecule has 1 saturated heterocycles. The van der Waals surface area contributed by atoms with Crippen LogP contribution in [0.25, 0.3) is 0 Å². The lowest BCUT2D eigenvalue weighted by atomic mass is 9.91. The summed E-state index contributed by atoms with van der Waals surface area (Å²) in [5, 5.41) is 4.77. The van der Waals surface area contributed by atoms with Crippen LogP contribution in [0.5, 0.6) is 0 Å². The molecular formula is C14H15F2N3O3. The number of rotatable bonds is 4. The van der Waals surface area contributed by atoms with Gasteiger partial charge in [0.1, 0.15) is 23.7 Å². The first-order valence-electron chi connectivity index (χ1n) is 6.66. The first kappa shape index (κ1) is 15.9. The van der Waals surface area contributed by atoms with Gasteiger partial charge in [0.2, 0.25) is 5.91 Å². The predicted octanol–water partition coefficient (Wildman–Crippen LogP) is 0.868. The maximum Gasteiger partial charge on any atom is 0.325 e. The first-order valence-corrected chi connectivity index (χ1v) is 6.66. The molecule has 6 nitrogen and oxygen atoms in total. The molecule has 0 radical (unpaired) electrons. The SMILES string of the molecule is CCNC(=O)CN1C(=O)N[C@@](C)(c2cc(F)ccc2F)C1=O. The van der Waals surface area contributed by atoms with Gasteiger partial charge in [-0.25, -0.2) is 13.6 Å². The van der Waals surface area contributed by atoms with Crippen LogP contribution in [0, 0.1) is 11.6 Å². The first-order chi connectivity index (χ1) is 10.3. The highest BCUT2D eigenvalue weighted by atomic mass is 19.1. The van der Waals surface area contributed by atoms with Crippen molar-refractivity contribution in [1.29, 1.82) is 0 Å². The fourth-order valence-electron chi connectivity index (χ4n) is 2.30. The zero-order valence-corrected chi connectivity index (χ0v) is 12.1. The van der Waals surface area contributed by atoms with E-state index in [4.69, 9.17) is 0 Å². The molecule has 0 saturated carbocycles. The van der Waals surface area contributed by atoms with Crippen molar-refractivity contribution in [3.05, 3.63) is 35.4 Å². The summed E-state index contributed by atoms with van der Waals surface area (Å²) in [6, 6.07) is 1.81. The molecule has 8 heteroatoms. The van der Waals surface area contributed by atoms with Crippen molar-refractivity contribution in [2.45, 2.75) is 19.4 Å². The molecule has 118 valence electrons. The Morgan fingerprint density at radius 2 is 2.05 bits per heavy atom. The van der Waals surface area contributed by atoms with Gasteiger partial charge in [0.15, 0.2) is 0 Å². The molecule has 22 heavy (non-hydrogen) atoms. The van der Waals surface area contributed by atoms with E-state index in [0.29, 0.717) is 11.4 Å². The van der Waals surface area contributed by atoms with Crippen LogP contribution < -0.4 is 10.6 Å². The van der Waals surface area contributed by atoms with Gasteiger partial charge in [-0.1, -0.05) is 0 Å². The lowest BCUT2D eigenvalue weighted by Gasteiger charge is -2.22. The van der Waals surface area contributed by atoms with Crippen molar-refractivity contribution in [1.82, 2.24) is 15.5 Å². The molecule has 1 fully saturated rings. The Labute approximate surface area is 125 Å². The highest BCUT2D eigenvalue weighted by molar-refractivity contribution is 6.09. The molecule has 0 aromatic heterocycles. The lowest BCUT2D eigenvalue weighted by Crippen LogP contribution is -2.43. The number of urea groups is 1. The summed E-state index contributed by atoms with van der Waals surface area (Å²) in [7, 11) is 0. The minimum absolute atomic E-state index is 0.288. The zero-order chi connectivity index (χ0) is 16.5. The number of hydrogen-bond donors (Lipinski definition) is 2. The van der Waals surface area contributed by atoms with Crippen molar-refractivity contribution in [3.63, 3.8) is 0 Å². The number of amides is 4. The van der Waals surface area contributed by atoms with Crippen LogP contribution in [-0.2, 0) is 15.1 Å². The molecule has 4 amide bonds. The van der Waals surface area contributed by atoms with Gasteiger partial charge in [-0.15, -0.1) is 0 Å². The summed E-state index contributed by atoms with van der Waals surface area (Å²) in [4.78, 5) is 36.5. The molecule has 2 rings (SSSR count). The molecule has 0 bridgehead atoms. The average molecular weight is 311 g/mol. The Hall–Kier alpha value is -2.51. The monoisotopic (exact) mass is 311 g/mol. The average Bonchev–Trinajstić information content (AvgIpc) is 2.66. The van der Waals surface area contributed by atoms with E-state index in [0.717, 1.165) is 18.2 Å². The number of hydrogen-bond acceptors (Lipinski definition) is 3. The highest BCUT2D eigenvalue weighted by Crippen LogP contribution is 2.30. The summed E-state index contributed by atoms with van der Waals surface area (Å²) in [6.45, 7) is 2.82. The normalized spacial score (nSPS) is 21.0. The second-order valence-corrected chi connectivity index (χ2v) is 5.02. The van der Waals surface area contributed by atoms with E-state index in [1.165, 1.54) is 6.92 Å². The van der Waals surface area contributed by atoms with Crippen LogP contribution >= 0.6 is 0 Å². The topological polar surface area (TPSA) is 78.5 Å². The zero-order valence-electron chi connectivity index (χ0n) is 12.1. The molecule has 0 unspecified atom stereocenters. The smallest absolute Gasteiger partial charge is 0.325 e. The third kappa shape index (κ3) is 2.63.